The molecular formula is C17H22BrN3O. The van der Waals surface area contributed by atoms with Crippen molar-refractivity contribution in [2.45, 2.75) is 52.5 Å². The molecule has 0 N–H and O–H groups in total. The van der Waals surface area contributed by atoms with E-state index in [0.717, 1.165) is 52.9 Å². The Morgan fingerprint density at radius 2 is 2.23 bits per heavy atom. The predicted octanol–water partition coefficient (Wildman–Crippen LogP) is 3.98. The summed E-state index contributed by atoms with van der Waals surface area (Å²) < 4.78 is 2.90. The second kappa shape index (κ2) is 6.03. The first-order chi connectivity index (χ1) is 10.5. The van der Waals surface area contributed by atoms with Gasteiger partial charge in [0.05, 0.1) is 10.2 Å². The van der Waals surface area contributed by atoms with Crippen LogP contribution in [0, 0.1) is 6.92 Å². The van der Waals surface area contributed by atoms with E-state index in [4.69, 9.17) is 0 Å². The number of hydrogen-bond acceptors (Lipinski definition) is 2. The first-order valence-corrected chi connectivity index (χ1v) is 8.80. The van der Waals surface area contributed by atoms with Gasteiger partial charge in [0.1, 0.15) is 5.69 Å². The molecule has 5 heteroatoms. The van der Waals surface area contributed by atoms with Gasteiger partial charge in [-0.1, -0.05) is 6.92 Å². The summed E-state index contributed by atoms with van der Waals surface area (Å²) in [6.07, 6.45) is 6.16. The summed E-state index contributed by atoms with van der Waals surface area (Å²) in [6.45, 7) is 7.09. The molecule has 0 aliphatic carbocycles. The van der Waals surface area contributed by atoms with Gasteiger partial charge in [0, 0.05) is 18.8 Å². The largest absolute Gasteiger partial charge is 0.335 e. The van der Waals surface area contributed by atoms with Crippen molar-refractivity contribution >= 4 is 27.5 Å². The number of rotatable bonds is 2. The minimum absolute atomic E-state index is 0.119. The highest BCUT2D eigenvalue weighted by Crippen LogP contribution is 2.26. The summed E-state index contributed by atoms with van der Waals surface area (Å²) in [5.74, 6) is 0.119. The Morgan fingerprint density at radius 3 is 2.91 bits per heavy atom. The van der Waals surface area contributed by atoms with Crippen LogP contribution in [0.3, 0.4) is 0 Å². The molecule has 1 amide bonds. The van der Waals surface area contributed by atoms with E-state index in [2.05, 4.69) is 34.8 Å². The van der Waals surface area contributed by atoms with E-state index in [1.165, 1.54) is 6.42 Å². The zero-order valence-electron chi connectivity index (χ0n) is 13.4. The van der Waals surface area contributed by atoms with Gasteiger partial charge in [-0.15, -0.1) is 0 Å². The normalized spacial score (nSPS) is 18.9. The maximum atomic E-state index is 13.1. The molecule has 22 heavy (non-hydrogen) atoms. The highest BCUT2D eigenvalue weighted by molar-refractivity contribution is 9.10. The minimum atomic E-state index is 0.119. The molecule has 0 radical (unpaired) electrons. The fourth-order valence-corrected chi connectivity index (χ4v) is 3.93. The quantitative estimate of drug-likeness (QED) is 0.808. The Morgan fingerprint density at radius 1 is 1.45 bits per heavy atom. The molecule has 1 saturated heterocycles. The Balaban J connectivity index is 2.14. The second-order valence-electron chi connectivity index (χ2n) is 6.16. The number of piperidine rings is 1. The lowest BCUT2D eigenvalue weighted by atomic mass is 10.0. The lowest BCUT2D eigenvalue weighted by Gasteiger charge is -2.33. The molecule has 0 bridgehead atoms. The van der Waals surface area contributed by atoms with Gasteiger partial charge in [0.2, 0.25) is 0 Å². The summed E-state index contributed by atoms with van der Waals surface area (Å²) in [7, 11) is 0. The average molecular weight is 364 g/mol. The van der Waals surface area contributed by atoms with Gasteiger partial charge in [-0.2, -0.15) is 0 Å². The average Bonchev–Trinajstić information content (AvgIpc) is 2.85. The van der Waals surface area contributed by atoms with Crippen molar-refractivity contribution in [1.82, 2.24) is 14.3 Å². The number of hydrogen-bond donors (Lipinski definition) is 0. The third kappa shape index (κ3) is 2.56. The van der Waals surface area contributed by atoms with Gasteiger partial charge in [0.15, 0.2) is 5.65 Å². The molecular weight excluding hydrogens is 342 g/mol. The van der Waals surface area contributed by atoms with Crippen LogP contribution >= 0.6 is 15.9 Å². The minimum Gasteiger partial charge on any atom is -0.335 e. The van der Waals surface area contributed by atoms with Gasteiger partial charge in [-0.3, -0.25) is 9.20 Å². The Labute approximate surface area is 139 Å². The highest BCUT2D eigenvalue weighted by atomic mass is 79.9. The molecule has 1 atom stereocenters. The van der Waals surface area contributed by atoms with Crippen molar-refractivity contribution in [1.29, 1.82) is 0 Å². The molecule has 3 rings (SSSR count). The molecule has 1 aliphatic rings. The van der Waals surface area contributed by atoms with Crippen LogP contribution in [0.25, 0.3) is 5.65 Å². The van der Waals surface area contributed by atoms with Crippen LogP contribution in [0.2, 0.25) is 0 Å². The predicted molar refractivity (Wildman–Crippen MR) is 91.4 cm³/mol. The van der Waals surface area contributed by atoms with E-state index in [1.54, 1.807) is 0 Å². The number of amides is 1. The number of carbonyl (C=O) groups excluding carboxylic acids is 1. The Kier molecular flexibility index (Phi) is 4.26. The van der Waals surface area contributed by atoms with Gasteiger partial charge in [0.25, 0.3) is 5.91 Å². The molecule has 1 fully saturated rings. The number of nitrogens with zero attached hydrogens (tertiary/aromatic N) is 3. The summed E-state index contributed by atoms with van der Waals surface area (Å²) >= 11 is 3.57. The van der Waals surface area contributed by atoms with Crippen molar-refractivity contribution in [3.05, 3.63) is 33.7 Å². The number of likely N-dealkylation sites (tertiary alicyclic amines) is 1. The van der Waals surface area contributed by atoms with Gasteiger partial charge >= 0.3 is 0 Å². The van der Waals surface area contributed by atoms with E-state index in [-0.39, 0.29) is 5.91 Å². The first kappa shape index (κ1) is 15.5. The number of carbonyl (C=O) groups is 1. The van der Waals surface area contributed by atoms with Gasteiger partial charge < -0.3 is 4.90 Å². The van der Waals surface area contributed by atoms with E-state index >= 15 is 0 Å². The van der Waals surface area contributed by atoms with Crippen molar-refractivity contribution in [3.8, 4) is 0 Å². The second-order valence-corrected chi connectivity index (χ2v) is 7.02. The van der Waals surface area contributed by atoms with Crippen LogP contribution < -0.4 is 0 Å². The summed E-state index contributed by atoms with van der Waals surface area (Å²) in [6, 6.07) is 2.35. The Hall–Kier alpha value is -1.36. The Bertz CT molecular complexity index is 722. The van der Waals surface area contributed by atoms with Crippen LogP contribution in [0.15, 0.2) is 16.7 Å². The molecule has 3 heterocycles. The van der Waals surface area contributed by atoms with E-state index in [0.29, 0.717) is 6.04 Å². The molecule has 0 saturated carbocycles. The van der Waals surface area contributed by atoms with Gasteiger partial charge in [-0.25, -0.2) is 4.98 Å². The third-order valence-corrected chi connectivity index (χ3v) is 5.07. The van der Waals surface area contributed by atoms with Crippen LogP contribution in [0.4, 0.5) is 0 Å². The monoisotopic (exact) mass is 363 g/mol. The molecule has 4 nitrogen and oxygen atoms in total. The highest BCUT2D eigenvalue weighted by Gasteiger charge is 2.29. The molecule has 118 valence electrons. The number of aryl methyl sites for hydroxylation is 2. The van der Waals surface area contributed by atoms with Crippen LogP contribution in [0.5, 0.6) is 0 Å². The first-order valence-electron chi connectivity index (χ1n) is 8.01. The van der Waals surface area contributed by atoms with E-state index < -0.39 is 0 Å². The summed E-state index contributed by atoms with van der Waals surface area (Å²) in [4.78, 5) is 19.8. The molecule has 2 aromatic rings. The molecule has 0 spiro atoms. The summed E-state index contributed by atoms with van der Waals surface area (Å²) in [5.41, 5.74) is 3.56. The topological polar surface area (TPSA) is 37.6 Å². The lowest BCUT2D eigenvalue weighted by molar-refractivity contribution is 0.0627. The van der Waals surface area contributed by atoms with Crippen molar-refractivity contribution in [3.63, 3.8) is 0 Å². The van der Waals surface area contributed by atoms with Crippen molar-refractivity contribution < 1.29 is 4.79 Å². The fraction of sp³-hybridized carbons (Fsp3) is 0.529. The van der Waals surface area contributed by atoms with Crippen molar-refractivity contribution in [2.24, 2.45) is 0 Å². The van der Waals surface area contributed by atoms with Crippen LogP contribution in [-0.4, -0.2) is 32.8 Å². The standard InChI is InChI=1S/C17H22BrN3O/c1-4-14-15(17(22)20-8-6-5-7-12(20)3)21-10-11(2)9-13(18)16(21)19-14/h9-10,12H,4-8H2,1-3H3. The number of aromatic nitrogens is 2. The number of fused-ring (bicyclic) bond motifs is 1. The number of pyridine rings is 1. The van der Waals surface area contributed by atoms with E-state index in [1.807, 2.05) is 28.5 Å². The molecule has 1 aliphatic heterocycles. The lowest BCUT2D eigenvalue weighted by Crippen LogP contribution is -2.42. The smallest absolute Gasteiger partial charge is 0.273 e. The third-order valence-electron chi connectivity index (χ3n) is 4.49. The molecule has 2 aromatic heterocycles. The maximum Gasteiger partial charge on any atom is 0.273 e. The molecule has 0 aromatic carbocycles. The van der Waals surface area contributed by atoms with Crippen molar-refractivity contribution in [2.75, 3.05) is 6.54 Å². The SMILES string of the molecule is CCc1nc2c(Br)cc(C)cn2c1C(=O)N1CCCCC1C. The summed E-state index contributed by atoms with van der Waals surface area (Å²) in [5, 5.41) is 0. The van der Waals surface area contributed by atoms with Crippen LogP contribution in [0.1, 0.15) is 54.9 Å². The molecule has 1 unspecified atom stereocenters. The number of halogens is 1. The fourth-order valence-electron chi connectivity index (χ4n) is 3.29. The number of imidazole rings is 1. The zero-order valence-corrected chi connectivity index (χ0v) is 15.0. The maximum absolute atomic E-state index is 13.1. The van der Waals surface area contributed by atoms with Gasteiger partial charge in [-0.05, 0) is 67.1 Å². The zero-order chi connectivity index (χ0) is 15.9. The van der Waals surface area contributed by atoms with E-state index in [9.17, 15) is 4.79 Å². The van der Waals surface area contributed by atoms with Crippen LogP contribution in [-0.2, 0) is 6.42 Å².